The quantitative estimate of drug-likeness (QED) is 0.631. The minimum absolute atomic E-state index is 0.0109. The van der Waals surface area contributed by atoms with E-state index in [4.69, 9.17) is 9.47 Å². The van der Waals surface area contributed by atoms with Crippen LogP contribution in [0.2, 0.25) is 0 Å². The summed E-state index contributed by atoms with van der Waals surface area (Å²) in [5.41, 5.74) is 0.838. The molecule has 3 rings (SSSR count). The second-order valence-electron chi connectivity index (χ2n) is 7.09. The zero-order chi connectivity index (χ0) is 17.9. The molecule has 4 heteroatoms. The Morgan fingerprint density at radius 1 is 1.32 bits per heavy atom. The van der Waals surface area contributed by atoms with Crippen molar-refractivity contribution in [2.45, 2.75) is 51.0 Å². The van der Waals surface area contributed by atoms with Gasteiger partial charge in [0.2, 0.25) is 0 Å². The van der Waals surface area contributed by atoms with Crippen LogP contribution in [0.25, 0.3) is 5.57 Å². The lowest BCUT2D eigenvalue weighted by Gasteiger charge is -2.34. The molecule has 0 bridgehead atoms. The van der Waals surface area contributed by atoms with Gasteiger partial charge in [-0.05, 0) is 43.2 Å². The lowest BCUT2D eigenvalue weighted by Crippen LogP contribution is -2.41. The summed E-state index contributed by atoms with van der Waals surface area (Å²) in [4.78, 5) is 0. The second kappa shape index (κ2) is 7.79. The second-order valence-corrected chi connectivity index (χ2v) is 7.09. The molecule has 1 aliphatic carbocycles. The molecule has 2 nitrogen and oxygen atoms in total. The highest BCUT2D eigenvalue weighted by molar-refractivity contribution is 5.67. The normalized spacial score (nSPS) is 30.0. The maximum atomic E-state index is 14.6. The van der Waals surface area contributed by atoms with Crippen LogP contribution in [0, 0.1) is 11.7 Å². The van der Waals surface area contributed by atoms with E-state index in [1.165, 1.54) is 6.07 Å². The summed E-state index contributed by atoms with van der Waals surface area (Å²) in [5.74, 6) is 0.206. The van der Waals surface area contributed by atoms with Crippen LogP contribution in [-0.4, -0.2) is 18.9 Å². The van der Waals surface area contributed by atoms with E-state index in [2.05, 4.69) is 12.7 Å². The van der Waals surface area contributed by atoms with Gasteiger partial charge in [0.25, 0.3) is 0 Å². The average molecular weight is 348 g/mol. The van der Waals surface area contributed by atoms with E-state index in [0.29, 0.717) is 23.5 Å². The molecular weight excluding hydrogens is 322 g/mol. The van der Waals surface area contributed by atoms with Crippen molar-refractivity contribution in [3.05, 3.63) is 53.9 Å². The number of alkyl halides is 1. The molecule has 25 heavy (non-hydrogen) atoms. The number of rotatable bonds is 5. The molecule has 1 aromatic rings. The van der Waals surface area contributed by atoms with Gasteiger partial charge in [0.15, 0.2) is 12.0 Å². The van der Waals surface area contributed by atoms with Crippen LogP contribution in [-0.2, 0) is 9.47 Å². The summed E-state index contributed by atoms with van der Waals surface area (Å²) in [7, 11) is 0. The van der Waals surface area contributed by atoms with Crippen molar-refractivity contribution < 1.29 is 18.3 Å². The van der Waals surface area contributed by atoms with Crippen molar-refractivity contribution >= 4 is 5.57 Å². The Morgan fingerprint density at radius 2 is 2.08 bits per heavy atom. The first-order valence-corrected chi connectivity index (χ1v) is 9.08. The van der Waals surface area contributed by atoms with Crippen molar-refractivity contribution in [3.63, 3.8) is 0 Å². The van der Waals surface area contributed by atoms with E-state index in [0.717, 1.165) is 31.3 Å². The molecule has 2 aliphatic rings. The predicted octanol–water partition coefficient (Wildman–Crippen LogP) is 5.75. The van der Waals surface area contributed by atoms with Gasteiger partial charge in [-0.2, -0.15) is 0 Å². The molecular formula is C21H26F2O2. The van der Waals surface area contributed by atoms with Crippen molar-refractivity contribution in [2.75, 3.05) is 13.2 Å². The third-order valence-electron chi connectivity index (χ3n) is 5.08. The molecule has 0 radical (unpaired) electrons. The highest BCUT2D eigenvalue weighted by Crippen LogP contribution is 2.35. The minimum atomic E-state index is -1.43. The van der Waals surface area contributed by atoms with E-state index in [-0.39, 0.29) is 19.0 Å². The summed E-state index contributed by atoms with van der Waals surface area (Å²) in [6.07, 6.45) is 7.27. The Labute approximate surface area is 148 Å². The van der Waals surface area contributed by atoms with Gasteiger partial charge >= 0.3 is 0 Å². The number of halogens is 2. The molecule has 1 saturated heterocycles. The molecule has 0 N–H and O–H groups in total. The summed E-state index contributed by atoms with van der Waals surface area (Å²) >= 11 is 0. The van der Waals surface area contributed by atoms with Crippen LogP contribution >= 0.6 is 0 Å². The Balaban J connectivity index is 1.69. The number of allylic oxidation sites excluding steroid dienone is 3. The number of ether oxygens (including phenoxy) is 2. The minimum Gasteiger partial charge on any atom is -0.345 e. The van der Waals surface area contributed by atoms with Gasteiger partial charge in [0.05, 0.1) is 13.2 Å². The molecule has 136 valence electrons. The summed E-state index contributed by atoms with van der Waals surface area (Å²) in [5, 5.41) is 0. The van der Waals surface area contributed by atoms with Gasteiger partial charge in [-0.1, -0.05) is 37.6 Å². The largest absolute Gasteiger partial charge is 0.345 e. The summed E-state index contributed by atoms with van der Waals surface area (Å²) in [6.45, 7) is 5.73. The van der Waals surface area contributed by atoms with Gasteiger partial charge in [-0.15, -0.1) is 6.58 Å². The topological polar surface area (TPSA) is 18.5 Å². The maximum absolute atomic E-state index is 14.6. The average Bonchev–Trinajstić information content (AvgIpc) is 2.62. The first-order valence-electron chi connectivity index (χ1n) is 9.08. The molecule has 0 aromatic heterocycles. The van der Waals surface area contributed by atoms with Gasteiger partial charge in [0, 0.05) is 11.1 Å². The number of hydrogen-bond donors (Lipinski definition) is 0. The van der Waals surface area contributed by atoms with Crippen LogP contribution in [0.15, 0.2) is 36.9 Å². The SMILES string of the molecule is C=CC1CC=C(c2ccc(C3OCC(F)(CCC)CO3)cc2F)CC1. The third kappa shape index (κ3) is 4.18. The molecule has 1 aromatic carbocycles. The first kappa shape index (κ1) is 18.3. The fourth-order valence-electron chi connectivity index (χ4n) is 3.58. The van der Waals surface area contributed by atoms with E-state index in [1.54, 1.807) is 6.07 Å². The monoisotopic (exact) mass is 348 g/mol. The van der Waals surface area contributed by atoms with Crippen LogP contribution in [0.5, 0.6) is 0 Å². The maximum Gasteiger partial charge on any atom is 0.184 e. The fraction of sp³-hybridized carbons (Fsp3) is 0.524. The van der Waals surface area contributed by atoms with Crippen molar-refractivity contribution in [1.82, 2.24) is 0 Å². The fourth-order valence-corrected chi connectivity index (χ4v) is 3.58. The van der Waals surface area contributed by atoms with Crippen LogP contribution < -0.4 is 0 Å². The standard InChI is InChI=1S/C21H26F2O2/c1-3-11-21(23)13-24-20(25-14-21)17-9-10-18(19(22)12-17)16-7-5-15(4-2)6-8-16/h4,7,9-10,12,15,20H,2-3,5-6,8,11,13-14H2,1H3. The summed E-state index contributed by atoms with van der Waals surface area (Å²) < 4.78 is 40.0. The van der Waals surface area contributed by atoms with Crippen LogP contribution in [0.3, 0.4) is 0 Å². The zero-order valence-corrected chi connectivity index (χ0v) is 14.8. The first-order chi connectivity index (χ1) is 12.0. The third-order valence-corrected chi connectivity index (χ3v) is 5.08. The van der Waals surface area contributed by atoms with Gasteiger partial charge < -0.3 is 9.47 Å². The molecule has 1 atom stereocenters. The molecule has 0 spiro atoms. The number of benzene rings is 1. The number of hydrogen-bond acceptors (Lipinski definition) is 2. The Kier molecular flexibility index (Phi) is 5.70. The Morgan fingerprint density at radius 3 is 2.64 bits per heavy atom. The predicted molar refractivity (Wildman–Crippen MR) is 95.3 cm³/mol. The molecule has 1 fully saturated rings. The van der Waals surface area contributed by atoms with Crippen molar-refractivity contribution in [3.8, 4) is 0 Å². The van der Waals surface area contributed by atoms with Gasteiger partial charge in [-0.25, -0.2) is 8.78 Å². The van der Waals surface area contributed by atoms with Crippen LogP contribution in [0.4, 0.5) is 8.78 Å². The van der Waals surface area contributed by atoms with E-state index in [9.17, 15) is 8.78 Å². The zero-order valence-electron chi connectivity index (χ0n) is 14.8. The Bertz CT molecular complexity index is 645. The lowest BCUT2D eigenvalue weighted by molar-refractivity contribution is -0.239. The van der Waals surface area contributed by atoms with E-state index < -0.39 is 12.0 Å². The Hall–Kier alpha value is -1.52. The van der Waals surface area contributed by atoms with Gasteiger partial charge in [0.1, 0.15) is 5.82 Å². The summed E-state index contributed by atoms with van der Waals surface area (Å²) in [6, 6.07) is 5.04. The van der Waals surface area contributed by atoms with E-state index >= 15 is 0 Å². The molecule has 1 heterocycles. The highest BCUT2D eigenvalue weighted by Gasteiger charge is 2.37. The van der Waals surface area contributed by atoms with Crippen molar-refractivity contribution in [1.29, 1.82) is 0 Å². The van der Waals surface area contributed by atoms with Crippen molar-refractivity contribution in [2.24, 2.45) is 5.92 Å². The van der Waals surface area contributed by atoms with Crippen LogP contribution in [0.1, 0.15) is 56.4 Å². The molecule has 1 unspecified atom stereocenters. The highest BCUT2D eigenvalue weighted by atomic mass is 19.1. The smallest absolute Gasteiger partial charge is 0.184 e. The van der Waals surface area contributed by atoms with Gasteiger partial charge in [-0.3, -0.25) is 0 Å². The van der Waals surface area contributed by atoms with E-state index in [1.807, 2.05) is 19.1 Å². The molecule has 0 amide bonds. The lowest BCUT2D eigenvalue weighted by atomic mass is 9.86. The molecule has 0 saturated carbocycles. The molecule has 1 aliphatic heterocycles.